The van der Waals surface area contributed by atoms with E-state index in [1.807, 2.05) is 30.3 Å². The van der Waals surface area contributed by atoms with Crippen molar-refractivity contribution >= 4 is 34.3 Å². The van der Waals surface area contributed by atoms with Crippen LogP contribution in [0.15, 0.2) is 105 Å². The Bertz CT molecular complexity index is 930. The summed E-state index contributed by atoms with van der Waals surface area (Å²) >= 11 is 3.21. The summed E-state index contributed by atoms with van der Waals surface area (Å²) in [5.41, 5.74) is 3.23. The highest BCUT2D eigenvalue weighted by molar-refractivity contribution is 8.14. The molecule has 27 heavy (non-hydrogen) atoms. The van der Waals surface area contributed by atoms with Gasteiger partial charge < -0.3 is 0 Å². The van der Waals surface area contributed by atoms with Crippen molar-refractivity contribution < 1.29 is 4.39 Å². The molecule has 0 saturated heterocycles. The average molecular weight is 394 g/mol. The third kappa shape index (κ3) is 6.12. The van der Waals surface area contributed by atoms with Gasteiger partial charge in [-0.1, -0.05) is 59.4 Å². The number of thioether (sulfide) groups is 2. The molecule has 1 nitrogen and oxygen atoms in total. The molecule has 0 atom stereocenters. The summed E-state index contributed by atoms with van der Waals surface area (Å²) in [5, 5.41) is 3.01. The van der Waals surface area contributed by atoms with E-state index in [-0.39, 0.29) is 5.82 Å². The highest BCUT2D eigenvalue weighted by atomic mass is 32.2. The molecule has 4 heteroatoms. The second kappa shape index (κ2) is 9.58. The molecule has 136 valence electrons. The van der Waals surface area contributed by atoms with Crippen molar-refractivity contribution in [1.29, 1.82) is 0 Å². The topological polar surface area (TPSA) is 12.4 Å². The van der Waals surface area contributed by atoms with Gasteiger partial charge >= 0.3 is 0 Å². The van der Waals surface area contributed by atoms with Crippen molar-refractivity contribution in [2.45, 2.75) is 23.6 Å². The van der Waals surface area contributed by atoms with Crippen molar-refractivity contribution in [3.8, 4) is 0 Å². The molecule has 0 fully saturated rings. The first-order chi connectivity index (χ1) is 13.1. The van der Waals surface area contributed by atoms with Crippen molar-refractivity contribution in [3.05, 3.63) is 101 Å². The molecular weight excluding hydrogens is 373 g/mol. The molecule has 0 N–H and O–H groups in total. The van der Waals surface area contributed by atoms with Gasteiger partial charge in [-0.05, 0) is 73.4 Å². The molecular formula is C23H20FNS2. The van der Waals surface area contributed by atoms with E-state index in [1.165, 1.54) is 17.7 Å². The van der Waals surface area contributed by atoms with Crippen molar-refractivity contribution in [2.75, 3.05) is 0 Å². The number of aryl methyl sites for hydroxylation is 1. The Balaban J connectivity index is 1.85. The number of hydrogen-bond acceptors (Lipinski definition) is 3. The van der Waals surface area contributed by atoms with Gasteiger partial charge in [-0.2, -0.15) is 0 Å². The lowest BCUT2D eigenvalue weighted by atomic mass is 10.2. The number of para-hydroxylation sites is 1. The molecule has 0 bridgehead atoms. The van der Waals surface area contributed by atoms with Crippen LogP contribution in [0.3, 0.4) is 0 Å². The van der Waals surface area contributed by atoms with Gasteiger partial charge in [0.2, 0.25) is 0 Å². The van der Waals surface area contributed by atoms with E-state index in [4.69, 9.17) is 4.99 Å². The Labute approximate surface area is 168 Å². The highest BCUT2D eigenvalue weighted by Crippen LogP contribution is 2.29. The van der Waals surface area contributed by atoms with Gasteiger partial charge in [0, 0.05) is 9.79 Å². The SMILES string of the molecule is CC(=C\Sc1ccc(F)cc1)/C(=N/c1ccccc1)Sc1ccc(C)cc1. The van der Waals surface area contributed by atoms with Crippen LogP contribution in [0.4, 0.5) is 10.1 Å². The Morgan fingerprint density at radius 2 is 1.48 bits per heavy atom. The Kier molecular flexibility index (Phi) is 6.91. The minimum atomic E-state index is -0.221. The van der Waals surface area contributed by atoms with Gasteiger partial charge in [-0.3, -0.25) is 0 Å². The fourth-order valence-electron chi connectivity index (χ4n) is 2.25. The summed E-state index contributed by atoms with van der Waals surface area (Å²) in [6.45, 7) is 4.14. The molecule has 0 heterocycles. The van der Waals surface area contributed by atoms with Crippen LogP contribution in [0.1, 0.15) is 12.5 Å². The Morgan fingerprint density at radius 1 is 0.852 bits per heavy atom. The maximum Gasteiger partial charge on any atom is 0.123 e. The van der Waals surface area contributed by atoms with Gasteiger partial charge in [0.15, 0.2) is 0 Å². The summed E-state index contributed by atoms with van der Waals surface area (Å²) in [6.07, 6.45) is 0. The summed E-state index contributed by atoms with van der Waals surface area (Å²) in [4.78, 5) is 6.98. The summed E-state index contributed by atoms with van der Waals surface area (Å²) in [5.74, 6) is -0.221. The molecule has 3 aromatic rings. The number of hydrogen-bond donors (Lipinski definition) is 0. The zero-order valence-corrected chi connectivity index (χ0v) is 16.9. The number of rotatable bonds is 5. The molecule has 0 spiro atoms. The summed E-state index contributed by atoms with van der Waals surface area (Å²) in [7, 11) is 0. The van der Waals surface area contributed by atoms with Gasteiger partial charge in [0.1, 0.15) is 10.9 Å². The first-order valence-corrected chi connectivity index (χ1v) is 10.3. The quantitative estimate of drug-likeness (QED) is 0.251. The molecule has 0 saturated carbocycles. The predicted octanol–water partition coefficient (Wildman–Crippen LogP) is 7.65. The zero-order chi connectivity index (χ0) is 19.1. The van der Waals surface area contributed by atoms with E-state index in [0.717, 1.165) is 26.1 Å². The van der Waals surface area contributed by atoms with Crippen molar-refractivity contribution in [3.63, 3.8) is 0 Å². The fraction of sp³-hybridized carbons (Fsp3) is 0.0870. The van der Waals surface area contributed by atoms with Crippen LogP contribution in [0.2, 0.25) is 0 Å². The lowest BCUT2D eigenvalue weighted by Gasteiger charge is -2.08. The highest BCUT2D eigenvalue weighted by Gasteiger charge is 2.07. The third-order valence-electron chi connectivity index (χ3n) is 3.75. The number of benzene rings is 3. The number of nitrogens with zero attached hydrogens (tertiary/aromatic N) is 1. The van der Waals surface area contributed by atoms with E-state index in [0.29, 0.717) is 0 Å². The lowest BCUT2D eigenvalue weighted by Crippen LogP contribution is -1.94. The van der Waals surface area contributed by atoms with E-state index >= 15 is 0 Å². The maximum atomic E-state index is 13.1. The Morgan fingerprint density at radius 3 is 2.15 bits per heavy atom. The van der Waals surface area contributed by atoms with Crippen LogP contribution in [0.5, 0.6) is 0 Å². The molecule has 3 rings (SSSR count). The third-order valence-corrected chi connectivity index (χ3v) is 5.88. The van der Waals surface area contributed by atoms with Crippen LogP contribution in [-0.2, 0) is 0 Å². The molecule has 0 aliphatic carbocycles. The predicted molar refractivity (Wildman–Crippen MR) is 117 cm³/mol. The molecule has 0 radical (unpaired) electrons. The molecule has 0 aliphatic rings. The van der Waals surface area contributed by atoms with Crippen LogP contribution >= 0.6 is 23.5 Å². The standard InChI is InChI=1S/C23H20FNS2/c1-17-8-12-22(13-9-17)27-23(25-20-6-4-3-5-7-20)18(2)16-26-21-14-10-19(24)11-15-21/h3-16H,1-2H3/b18-16+,25-23-. The monoisotopic (exact) mass is 393 g/mol. The summed E-state index contributed by atoms with van der Waals surface area (Å²) in [6, 6.07) is 24.9. The second-order valence-corrected chi connectivity index (χ2v) is 8.05. The van der Waals surface area contributed by atoms with Crippen LogP contribution in [0, 0.1) is 12.7 Å². The molecule has 0 aromatic heterocycles. The second-order valence-electron chi connectivity index (χ2n) is 6.04. The normalized spacial score (nSPS) is 12.3. The molecule has 0 aliphatic heterocycles. The van der Waals surface area contributed by atoms with Crippen LogP contribution in [0.25, 0.3) is 0 Å². The fourth-order valence-corrected chi connectivity index (χ4v) is 3.91. The number of halogens is 1. The average Bonchev–Trinajstić information content (AvgIpc) is 2.69. The van der Waals surface area contributed by atoms with Gasteiger partial charge in [0.05, 0.1) is 5.69 Å². The van der Waals surface area contributed by atoms with Gasteiger partial charge in [-0.15, -0.1) is 0 Å². The Hall–Kier alpha value is -2.30. The molecule has 0 amide bonds. The van der Waals surface area contributed by atoms with Crippen LogP contribution in [-0.4, -0.2) is 5.04 Å². The number of aliphatic imine (C=N–C) groups is 1. The molecule has 3 aromatic carbocycles. The van der Waals surface area contributed by atoms with Gasteiger partial charge in [-0.25, -0.2) is 9.38 Å². The van der Waals surface area contributed by atoms with Gasteiger partial charge in [0.25, 0.3) is 0 Å². The lowest BCUT2D eigenvalue weighted by molar-refractivity contribution is 0.626. The van der Waals surface area contributed by atoms with Crippen molar-refractivity contribution in [2.24, 2.45) is 4.99 Å². The first-order valence-electron chi connectivity index (χ1n) is 8.58. The van der Waals surface area contributed by atoms with E-state index in [9.17, 15) is 4.39 Å². The van der Waals surface area contributed by atoms with Crippen LogP contribution < -0.4 is 0 Å². The van der Waals surface area contributed by atoms with E-state index < -0.39 is 0 Å². The minimum Gasteiger partial charge on any atom is -0.241 e. The smallest absolute Gasteiger partial charge is 0.123 e. The van der Waals surface area contributed by atoms with Crippen molar-refractivity contribution in [1.82, 2.24) is 0 Å². The minimum absolute atomic E-state index is 0.221. The largest absolute Gasteiger partial charge is 0.241 e. The zero-order valence-electron chi connectivity index (χ0n) is 15.2. The molecule has 0 unspecified atom stereocenters. The maximum absolute atomic E-state index is 13.1. The summed E-state index contributed by atoms with van der Waals surface area (Å²) < 4.78 is 13.1. The van der Waals surface area contributed by atoms with E-state index in [1.54, 1.807) is 35.7 Å². The first kappa shape index (κ1) is 19.5. The van der Waals surface area contributed by atoms with E-state index in [2.05, 4.69) is 43.5 Å².